The molecule has 160 valence electrons. The van der Waals surface area contributed by atoms with Gasteiger partial charge in [0.1, 0.15) is 0 Å². The molecule has 1 heterocycles. The van der Waals surface area contributed by atoms with Crippen molar-refractivity contribution in [1.29, 1.82) is 0 Å². The molecular formula is C20H18ClF3N2O3S. The molecule has 0 aliphatic carbocycles. The Kier molecular flexibility index (Phi) is 6.66. The van der Waals surface area contributed by atoms with Crippen molar-refractivity contribution >= 4 is 32.9 Å². The Hall–Kier alpha value is -2.20. The van der Waals surface area contributed by atoms with Gasteiger partial charge in [-0.25, -0.2) is 8.42 Å². The van der Waals surface area contributed by atoms with Gasteiger partial charge >= 0.3 is 6.18 Å². The predicted octanol–water partition coefficient (Wildman–Crippen LogP) is 3.82. The summed E-state index contributed by atoms with van der Waals surface area (Å²) in [7, 11) is -3.96. The minimum atomic E-state index is -4.52. The van der Waals surface area contributed by atoms with E-state index in [1.54, 1.807) is 0 Å². The average Bonchev–Trinajstić information content (AvgIpc) is 2.72. The van der Waals surface area contributed by atoms with Crippen molar-refractivity contribution in [2.24, 2.45) is 0 Å². The van der Waals surface area contributed by atoms with Crippen LogP contribution in [0.4, 0.5) is 13.2 Å². The summed E-state index contributed by atoms with van der Waals surface area (Å²) < 4.78 is 66.9. The second kappa shape index (κ2) is 8.89. The van der Waals surface area contributed by atoms with Crippen LogP contribution in [0.15, 0.2) is 59.5 Å². The third kappa shape index (κ3) is 5.10. The van der Waals surface area contributed by atoms with Gasteiger partial charge in [0.25, 0.3) is 0 Å². The van der Waals surface area contributed by atoms with Crippen molar-refractivity contribution in [3.05, 3.63) is 71.3 Å². The zero-order chi connectivity index (χ0) is 21.9. The fourth-order valence-electron chi connectivity index (χ4n) is 3.23. The number of halogens is 4. The van der Waals surface area contributed by atoms with Crippen LogP contribution in [-0.4, -0.2) is 37.6 Å². The molecule has 0 amide bonds. The number of piperazine rings is 1. The molecule has 2 aromatic carbocycles. The molecule has 1 unspecified atom stereocenters. The molecule has 3 rings (SSSR count). The maximum Gasteiger partial charge on any atom is 0.416 e. The summed E-state index contributed by atoms with van der Waals surface area (Å²) >= 11 is 5.24. The summed E-state index contributed by atoms with van der Waals surface area (Å²) in [6.45, 7) is 0.693. The number of sulfonamides is 1. The van der Waals surface area contributed by atoms with Gasteiger partial charge in [0, 0.05) is 19.6 Å². The zero-order valence-corrected chi connectivity index (χ0v) is 17.1. The fraction of sp³-hybridized carbons (Fsp3) is 0.250. The average molecular weight is 459 g/mol. The molecule has 30 heavy (non-hydrogen) atoms. The van der Waals surface area contributed by atoms with Gasteiger partial charge in [-0.15, -0.1) is 0 Å². The summed E-state index contributed by atoms with van der Waals surface area (Å²) in [4.78, 5) is 10.8. The van der Waals surface area contributed by atoms with E-state index in [1.165, 1.54) is 46.8 Å². The highest BCUT2D eigenvalue weighted by molar-refractivity contribution is 7.89. The number of allylic oxidation sites excluding steroid dienone is 1. The van der Waals surface area contributed by atoms with Crippen LogP contribution < -0.4 is 5.32 Å². The van der Waals surface area contributed by atoms with Gasteiger partial charge in [-0.05, 0) is 53.1 Å². The van der Waals surface area contributed by atoms with Crippen molar-refractivity contribution in [2.75, 3.05) is 19.6 Å². The maximum atomic E-state index is 13.2. The molecule has 5 nitrogen and oxygen atoms in total. The van der Waals surface area contributed by atoms with E-state index in [0.29, 0.717) is 12.1 Å². The number of benzene rings is 2. The molecule has 0 radical (unpaired) electrons. The van der Waals surface area contributed by atoms with Crippen LogP contribution in [0.3, 0.4) is 0 Å². The van der Waals surface area contributed by atoms with Gasteiger partial charge in [0.15, 0.2) is 0 Å². The van der Waals surface area contributed by atoms with Gasteiger partial charge in [0.2, 0.25) is 15.3 Å². The van der Waals surface area contributed by atoms with E-state index in [1.807, 2.05) is 0 Å². The molecular weight excluding hydrogens is 441 g/mol. The molecule has 1 aliphatic rings. The summed E-state index contributed by atoms with van der Waals surface area (Å²) in [5.74, 6) is 0. The number of alkyl halides is 3. The lowest BCUT2D eigenvalue weighted by Gasteiger charge is -2.35. The second-order valence-electron chi connectivity index (χ2n) is 6.67. The number of hydrogen-bond donors (Lipinski definition) is 1. The van der Waals surface area contributed by atoms with E-state index in [4.69, 9.17) is 11.6 Å². The SMILES string of the molecule is O=C(Cl)/C=C/c1ccc(S(=O)(=O)N2CCNCC2c2cccc(C(F)(F)F)c2)cc1. The Morgan fingerprint density at radius 1 is 1.17 bits per heavy atom. The van der Waals surface area contributed by atoms with E-state index < -0.39 is 33.0 Å². The van der Waals surface area contributed by atoms with Crippen molar-refractivity contribution < 1.29 is 26.4 Å². The fourth-order valence-corrected chi connectivity index (χ4v) is 4.90. The van der Waals surface area contributed by atoms with E-state index in [2.05, 4.69) is 5.32 Å². The zero-order valence-electron chi connectivity index (χ0n) is 15.6. The van der Waals surface area contributed by atoms with Crippen LogP contribution in [-0.2, 0) is 21.0 Å². The molecule has 1 N–H and O–H groups in total. The smallest absolute Gasteiger partial charge is 0.313 e. The van der Waals surface area contributed by atoms with Gasteiger partial charge in [-0.1, -0.05) is 30.3 Å². The highest BCUT2D eigenvalue weighted by Gasteiger charge is 2.36. The first-order valence-corrected chi connectivity index (χ1v) is 10.8. The molecule has 0 aromatic heterocycles. The number of nitrogens with one attached hydrogen (secondary N) is 1. The summed E-state index contributed by atoms with van der Waals surface area (Å²) in [5.41, 5.74) is 0.0198. The minimum Gasteiger partial charge on any atom is -0.313 e. The Labute approximate surface area is 177 Å². The first-order chi connectivity index (χ1) is 14.1. The molecule has 0 spiro atoms. The molecule has 2 aromatic rings. The Morgan fingerprint density at radius 2 is 1.87 bits per heavy atom. The predicted molar refractivity (Wildman–Crippen MR) is 107 cm³/mol. The van der Waals surface area contributed by atoms with Gasteiger partial charge < -0.3 is 5.32 Å². The normalized spacial score (nSPS) is 18.6. The second-order valence-corrected chi connectivity index (χ2v) is 8.93. The van der Waals surface area contributed by atoms with Crippen molar-refractivity contribution in [3.63, 3.8) is 0 Å². The molecule has 1 atom stereocenters. The standard InChI is InChI=1S/C20H18ClF3N2O3S/c21-19(27)9-6-14-4-7-17(8-5-14)30(28,29)26-11-10-25-13-18(26)15-2-1-3-16(12-15)20(22,23)24/h1-9,12,18,25H,10-11,13H2/b9-6+. The largest absolute Gasteiger partial charge is 0.416 e. The number of nitrogens with zero attached hydrogens (tertiary/aromatic N) is 1. The summed E-state index contributed by atoms with van der Waals surface area (Å²) in [6, 6.07) is 9.74. The van der Waals surface area contributed by atoms with E-state index in [9.17, 15) is 26.4 Å². The third-order valence-corrected chi connectivity index (χ3v) is 6.73. The molecule has 1 aliphatic heterocycles. The van der Waals surface area contributed by atoms with Crippen LogP contribution in [0, 0.1) is 0 Å². The lowest BCUT2D eigenvalue weighted by molar-refractivity contribution is -0.137. The van der Waals surface area contributed by atoms with Gasteiger partial charge in [0.05, 0.1) is 16.5 Å². The van der Waals surface area contributed by atoms with Crippen LogP contribution >= 0.6 is 11.6 Å². The van der Waals surface area contributed by atoms with Crippen LogP contribution in [0.2, 0.25) is 0 Å². The number of rotatable bonds is 5. The first kappa shape index (κ1) is 22.5. The highest BCUT2D eigenvalue weighted by Crippen LogP contribution is 2.34. The molecule has 1 saturated heterocycles. The van der Waals surface area contributed by atoms with Crippen LogP contribution in [0.25, 0.3) is 6.08 Å². The number of carbonyl (C=O) groups is 1. The first-order valence-electron chi connectivity index (χ1n) is 8.96. The van der Waals surface area contributed by atoms with Crippen molar-refractivity contribution in [1.82, 2.24) is 9.62 Å². The summed E-state index contributed by atoms with van der Waals surface area (Å²) in [6.07, 6.45) is -1.93. The lowest BCUT2D eigenvalue weighted by atomic mass is 10.0. The highest BCUT2D eigenvalue weighted by atomic mass is 35.5. The molecule has 0 saturated carbocycles. The van der Waals surface area contributed by atoms with Crippen molar-refractivity contribution in [3.8, 4) is 0 Å². The number of carbonyl (C=O) groups excluding carboxylic acids is 1. The third-order valence-electron chi connectivity index (χ3n) is 4.69. The van der Waals surface area contributed by atoms with E-state index >= 15 is 0 Å². The van der Waals surface area contributed by atoms with Crippen molar-refractivity contribution in [2.45, 2.75) is 17.1 Å². The molecule has 0 bridgehead atoms. The molecule has 10 heteroatoms. The monoisotopic (exact) mass is 458 g/mol. The minimum absolute atomic E-state index is 0.00993. The quantitative estimate of drug-likeness (QED) is 0.546. The summed E-state index contributed by atoms with van der Waals surface area (Å²) in [5, 5.41) is 2.38. The van der Waals surface area contributed by atoms with Gasteiger partial charge in [-0.3, -0.25) is 4.79 Å². The number of hydrogen-bond acceptors (Lipinski definition) is 4. The van der Waals surface area contributed by atoms with Crippen LogP contribution in [0.5, 0.6) is 0 Å². The topological polar surface area (TPSA) is 66.5 Å². The van der Waals surface area contributed by atoms with Gasteiger partial charge in [-0.2, -0.15) is 17.5 Å². The Bertz CT molecular complexity index is 1050. The Morgan fingerprint density at radius 3 is 2.50 bits per heavy atom. The maximum absolute atomic E-state index is 13.2. The molecule has 1 fully saturated rings. The van der Waals surface area contributed by atoms with E-state index in [-0.39, 0.29) is 23.5 Å². The van der Waals surface area contributed by atoms with Crippen LogP contribution in [0.1, 0.15) is 22.7 Å². The van der Waals surface area contributed by atoms with E-state index in [0.717, 1.165) is 18.2 Å². The Balaban J connectivity index is 1.93. The lowest BCUT2D eigenvalue weighted by Crippen LogP contribution is -2.48.